The Labute approximate surface area is 121 Å². The fraction of sp³-hybridized carbons (Fsp3) is 0.455. The predicted molar refractivity (Wildman–Crippen MR) is 77.9 cm³/mol. The summed E-state index contributed by atoms with van der Waals surface area (Å²) in [4.78, 5) is 4.13. The molecule has 0 saturated carbocycles. The minimum absolute atomic E-state index is 0.0280. The molecule has 0 aliphatic rings. The van der Waals surface area contributed by atoms with Crippen molar-refractivity contribution in [1.82, 2.24) is 19.5 Å². The lowest BCUT2D eigenvalue weighted by molar-refractivity contribution is 0.579. The van der Waals surface area contributed by atoms with Gasteiger partial charge in [-0.3, -0.25) is 4.68 Å². The summed E-state index contributed by atoms with van der Waals surface area (Å²) in [5.74, 6) is 0.0280. The highest BCUT2D eigenvalue weighted by Gasteiger charge is 2.20. The van der Waals surface area contributed by atoms with Crippen LogP contribution in [-0.4, -0.2) is 29.7 Å². The van der Waals surface area contributed by atoms with Gasteiger partial charge >= 0.3 is 0 Å². The van der Waals surface area contributed by atoms with Gasteiger partial charge in [-0.2, -0.15) is 5.10 Å². The second-order valence-corrected chi connectivity index (χ2v) is 6.93. The molecule has 0 bridgehead atoms. The van der Waals surface area contributed by atoms with Crippen LogP contribution in [0.4, 0.5) is 5.82 Å². The van der Waals surface area contributed by atoms with Crippen LogP contribution in [0.2, 0.25) is 0 Å². The van der Waals surface area contributed by atoms with Gasteiger partial charge in [-0.1, -0.05) is 6.92 Å². The number of nitrogens with two attached hydrogens (primary N) is 1. The Morgan fingerprint density at radius 2 is 2.30 bits per heavy atom. The SMILES string of the molecule is CCCn1cc(S(=O)(=O)NCCc2nccs2)c(N)n1. The fourth-order valence-electron chi connectivity index (χ4n) is 1.72. The van der Waals surface area contributed by atoms with Crippen molar-refractivity contribution in [1.29, 1.82) is 0 Å². The van der Waals surface area contributed by atoms with Gasteiger partial charge in [0.05, 0.1) is 5.01 Å². The van der Waals surface area contributed by atoms with Gasteiger partial charge in [0.1, 0.15) is 4.90 Å². The molecule has 110 valence electrons. The van der Waals surface area contributed by atoms with Gasteiger partial charge in [0, 0.05) is 37.3 Å². The van der Waals surface area contributed by atoms with Crippen LogP contribution in [0.25, 0.3) is 0 Å². The van der Waals surface area contributed by atoms with Crippen molar-refractivity contribution in [3.63, 3.8) is 0 Å². The smallest absolute Gasteiger partial charge is 0.245 e. The van der Waals surface area contributed by atoms with Gasteiger partial charge in [-0.15, -0.1) is 11.3 Å². The Balaban J connectivity index is 2.02. The molecule has 3 N–H and O–H groups in total. The molecule has 2 aromatic rings. The number of nitrogens with one attached hydrogen (secondary N) is 1. The summed E-state index contributed by atoms with van der Waals surface area (Å²) in [6.07, 6.45) is 4.57. The van der Waals surface area contributed by atoms with Gasteiger partial charge in [0.25, 0.3) is 0 Å². The minimum atomic E-state index is -3.62. The lowest BCUT2D eigenvalue weighted by atomic mass is 10.5. The summed E-state index contributed by atoms with van der Waals surface area (Å²) in [5.41, 5.74) is 5.66. The number of sulfonamides is 1. The van der Waals surface area contributed by atoms with Crippen LogP contribution < -0.4 is 10.5 Å². The monoisotopic (exact) mass is 315 g/mol. The minimum Gasteiger partial charge on any atom is -0.381 e. The zero-order valence-corrected chi connectivity index (χ0v) is 12.7. The van der Waals surface area contributed by atoms with Gasteiger partial charge in [0.2, 0.25) is 10.0 Å². The van der Waals surface area contributed by atoms with E-state index in [4.69, 9.17) is 5.73 Å². The maximum Gasteiger partial charge on any atom is 0.245 e. The molecule has 0 amide bonds. The van der Waals surface area contributed by atoms with Crippen molar-refractivity contribution in [2.45, 2.75) is 31.2 Å². The van der Waals surface area contributed by atoms with Crippen molar-refractivity contribution in [3.05, 3.63) is 22.8 Å². The number of aromatic nitrogens is 3. The number of nitrogens with zero attached hydrogens (tertiary/aromatic N) is 3. The first-order chi connectivity index (χ1) is 9.53. The molecule has 9 heteroatoms. The van der Waals surface area contributed by atoms with E-state index in [0.717, 1.165) is 11.4 Å². The van der Waals surface area contributed by atoms with E-state index in [1.165, 1.54) is 17.5 Å². The number of thiazole rings is 1. The van der Waals surface area contributed by atoms with E-state index in [1.807, 2.05) is 12.3 Å². The van der Waals surface area contributed by atoms with Crippen molar-refractivity contribution >= 4 is 27.2 Å². The summed E-state index contributed by atoms with van der Waals surface area (Å²) in [5, 5.41) is 6.74. The molecule has 2 heterocycles. The Bertz CT molecular complexity index is 648. The molecule has 2 rings (SSSR count). The fourth-order valence-corrected chi connectivity index (χ4v) is 3.44. The highest BCUT2D eigenvalue weighted by molar-refractivity contribution is 7.89. The Kier molecular flexibility index (Phi) is 4.73. The largest absolute Gasteiger partial charge is 0.381 e. The topological polar surface area (TPSA) is 103 Å². The summed E-state index contributed by atoms with van der Waals surface area (Å²) in [6.45, 7) is 2.91. The molecular weight excluding hydrogens is 298 g/mol. The van der Waals surface area contributed by atoms with Crippen LogP contribution in [0.3, 0.4) is 0 Å². The molecule has 0 unspecified atom stereocenters. The average molecular weight is 315 g/mol. The van der Waals surface area contributed by atoms with Crippen molar-refractivity contribution in [2.75, 3.05) is 12.3 Å². The molecule has 2 aromatic heterocycles. The van der Waals surface area contributed by atoms with Gasteiger partial charge in [-0.25, -0.2) is 18.1 Å². The molecule has 0 atom stereocenters. The van der Waals surface area contributed by atoms with Crippen LogP contribution >= 0.6 is 11.3 Å². The van der Waals surface area contributed by atoms with Crippen LogP contribution in [-0.2, 0) is 23.0 Å². The Morgan fingerprint density at radius 3 is 2.95 bits per heavy atom. The molecule has 0 aliphatic carbocycles. The molecule has 0 spiro atoms. The molecule has 0 aromatic carbocycles. The Hall–Kier alpha value is -1.45. The third kappa shape index (κ3) is 3.56. The van der Waals surface area contributed by atoms with E-state index in [1.54, 1.807) is 10.9 Å². The lowest BCUT2D eigenvalue weighted by Crippen LogP contribution is -2.26. The number of hydrogen-bond donors (Lipinski definition) is 2. The van der Waals surface area contributed by atoms with E-state index in [9.17, 15) is 8.42 Å². The molecule has 0 aliphatic heterocycles. The molecule has 0 radical (unpaired) electrons. The molecule has 0 fully saturated rings. The maximum atomic E-state index is 12.1. The lowest BCUT2D eigenvalue weighted by Gasteiger charge is -2.03. The number of aryl methyl sites for hydroxylation is 1. The van der Waals surface area contributed by atoms with E-state index < -0.39 is 10.0 Å². The van der Waals surface area contributed by atoms with Gasteiger partial charge in [-0.05, 0) is 6.42 Å². The van der Waals surface area contributed by atoms with Crippen LogP contribution in [0.1, 0.15) is 18.4 Å². The summed E-state index contributed by atoms with van der Waals surface area (Å²) in [7, 11) is -3.62. The van der Waals surface area contributed by atoms with Crippen LogP contribution in [0, 0.1) is 0 Å². The number of rotatable bonds is 7. The molecule has 7 nitrogen and oxygen atoms in total. The second kappa shape index (κ2) is 6.33. The maximum absolute atomic E-state index is 12.1. The normalized spacial score (nSPS) is 11.8. The quantitative estimate of drug-likeness (QED) is 0.788. The zero-order chi connectivity index (χ0) is 14.6. The number of anilines is 1. The van der Waals surface area contributed by atoms with Gasteiger partial charge in [0.15, 0.2) is 5.82 Å². The summed E-state index contributed by atoms with van der Waals surface area (Å²) >= 11 is 1.50. The predicted octanol–water partition coefficient (Wildman–Crippen LogP) is 0.853. The summed E-state index contributed by atoms with van der Waals surface area (Å²) in [6, 6.07) is 0. The highest BCUT2D eigenvalue weighted by atomic mass is 32.2. The Morgan fingerprint density at radius 1 is 1.50 bits per heavy atom. The molecular formula is C11H17N5O2S2. The standard InChI is InChI=1S/C11H17N5O2S2/c1-2-6-16-8-9(11(12)15-16)20(17,18)14-4-3-10-13-5-7-19-10/h5,7-8,14H,2-4,6H2,1H3,(H2,12,15). The molecule has 0 saturated heterocycles. The van der Waals surface area contributed by atoms with E-state index >= 15 is 0 Å². The first-order valence-electron chi connectivity index (χ1n) is 6.24. The second-order valence-electron chi connectivity index (χ2n) is 4.22. The van der Waals surface area contributed by atoms with E-state index in [0.29, 0.717) is 13.0 Å². The van der Waals surface area contributed by atoms with Crippen molar-refractivity contribution in [2.24, 2.45) is 0 Å². The highest BCUT2D eigenvalue weighted by Crippen LogP contribution is 2.16. The van der Waals surface area contributed by atoms with E-state index in [-0.39, 0.29) is 17.3 Å². The van der Waals surface area contributed by atoms with Crippen LogP contribution in [0.5, 0.6) is 0 Å². The zero-order valence-electron chi connectivity index (χ0n) is 11.1. The van der Waals surface area contributed by atoms with E-state index in [2.05, 4.69) is 14.8 Å². The van der Waals surface area contributed by atoms with Crippen LogP contribution in [0.15, 0.2) is 22.7 Å². The van der Waals surface area contributed by atoms with Gasteiger partial charge < -0.3 is 5.73 Å². The average Bonchev–Trinajstić information content (AvgIpc) is 2.99. The van der Waals surface area contributed by atoms with Crippen molar-refractivity contribution in [3.8, 4) is 0 Å². The first kappa shape index (κ1) is 14.9. The number of hydrogen-bond acceptors (Lipinski definition) is 6. The first-order valence-corrected chi connectivity index (χ1v) is 8.60. The number of nitrogen functional groups attached to an aromatic ring is 1. The summed E-state index contributed by atoms with van der Waals surface area (Å²) < 4.78 is 28.3. The van der Waals surface area contributed by atoms with Crippen molar-refractivity contribution < 1.29 is 8.42 Å². The molecule has 20 heavy (non-hydrogen) atoms. The third-order valence-electron chi connectivity index (χ3n) is 2.61. The third-order valence-corrected chi connectivity index (χ3v) is 4.93.